The van der Waals surface area contributed by atoms with Gasteiger partial charge in [0.05, 0.1) is 30.4 Å². The maximum absolute atomic E-state index is 14.9. The fraction of sp³-hybridized carbons (Fsp3) is 0.575. The standard InChI is InChI=1S/C40H54FN7O5/c41-34-11-10-27(25-35(42)31-8-4-5-9-32(31)38(44)50)24-33(34)39(51)48-22-20-46(21-23-48)36(49)26-45-16-12-29(13-17-45)53-30-14-18-47(19-15-30)40(52)37(43)28-6-2-1-3-7-28/h4-5,8-11,24,28-30,37,42H,1-3,6-7,12-23,25-26,43H2,(H2,44,50). The van der Waals surface area contributed by atoms with Gasteiger partial charge in [0, 0.05) is 75.6 Å². The summed E-state index contributed by atoms with van der Waals surface area (Å²) in [5.41, 5.74) is 13.1. The quantitative estimate of drug-likeness (QED) is 0.299. The van der Waals surface area contributed by atoms with Gasteiger partial charge in [-0.1, -0.05) is 43.5 Å². The zero-order chi connectivity index (χ0) is 37.5. The molecule has 1 aliphatic carbocycles. The number of halogens is 1. The lowest BCUT2D eigenvalue weighted by Crippen LogP contribution is -2.53. The molecule has 0 bridgehead atoms. The van der Waals surface area contributed by atoms with E-state index in [2.05, 4.69) is 4.90 Å². The van der Waals surface area contributed by atoms with Crippen molar-refractivity contribution in [3.63, 3.8) is 0 Å². The lowest BCUT2D eigenvalue weighted by molar-refractivity contribution is -0.139. The van der Waals surface area contributed by atoms with Gasteiger partial charge in [0.2, 0.25) is 17.7 Å². The van der Waals surface area contributed by atoms with Gasteiger partial charge < -0.3 is 36.3 Å². The summed E-state index contributed by atoms with van der Waals surface area (Å²) in [6, 6.07) is 10.4. The number of hydrogen-bond donors (Lipinski definition) is 3. The van der Waals surface area contributed by atoms with Crippen LogP contribution in [0.2, 0.25) is 0 Å². The van der Waals surface area contributed by atoms with Crippen LogP contribution in [0, 0.1) is 17.1 Å². The second kappa shape index (κ2) is 17.7. The molecule has 12 nitrogen and oxygen atoms in total. The zero-order valence-electron chi connectivity index (χ0n) is 30.6. The number of piperazine rings is 1. The van der Waals surface area contributed by atoms with Crippen LogP contribution in [0.3, 0.4) is 0 Å². The van der Waals surface area contributed by atoms with Crippen molar-refractivity contribution in [2.24, 2.45) is 17.4 Å². The molecule has 4 amide bonds. The van der Waals surface area contributed by atoms with Crippen molar-refractivity contribution in [1.29, 1.82) is 5.41 Å². The molecule has 4 aliphatic rings. The molecule has 1 unspecified atom stereocenters. The lowest BCUT2D eigenvalue weighted by atomic mass is 9.83. The summed E-state index contributed by atoms with van der Waals surface area (Å²) in [5, 5.41) is 8.54. The van der Waals surface area contributed by atoms with E-state index in [1.54, 1.807) is 34.1 Å². The van der Waals surface area contributed by atoms with E-state index in [4.69, 9.17) is 21.6 Å². The van der Waals surface area contributed by atoms with Gasteiger partial charge >= 0.3 is 0 Å². The Balaban J connectivity index is 0.904. The number of benzene rings is 2. The number of nitrogens with two attached hydrogens (primary N) is 2. The lowest BCUT2D eigenvalue weighted by Gasteiger charge is -2.39. The molecule has 286 valence electrons. The van der Waals surface area contributed by atoms with Gasteiger partial charge in [0.1, 0.15) is 5.82 Å². The predicted molar refractivity (Wildman–Crippen MR) is 199 cm³/mol. The van der Waals surface area contributed by atoms with Crippen LogP contribution >= 0.6 is 0 Å². The Morgan fingerprint density at radius 2 is 1.36 bits per heavy atom. The Kier molecular flexibility index (Phi) is 12.9. The third kappa shape index (κ3) is 9.68. The first-order valence-corrected chi connectivity index (χ1v) is 19.3. The molecule has 4 fully saturated rings. The van der Waals surface area contributed by atoms with Crippen molar-refractivity contribution in [2.75, 3.05) is 58.9 Å². The molecular formula is C40H54FN7O5. The number of likely N-dealkylation sites (tertiary alicyclic amines) is 2. The minimum Gasteiger partial charge on any atom is -0.375 e. The Hall–Kier alpha value is -4.20. The van der Waals surface area contributed by atoms with Gasteiger partial charge in [0.15, 0.2) is 0 Å². The fourth-order valence-electron chi connectivity index (χ4n) is 8.32. The SMILES string of the molecule is N=C(Cc1ccc(F)c(C(=O)N2CCN(C(=O)CN3CCC(OC4CCN(C(=O)C(N)C5CCCCC5)CC4)CC3)CC2)c1)c1ccccc1C(N)=O. The minimum atomic E-state index is -0.649. The van der Waals surface area contributed by atoms with Crippen LogP contribution in [0.5, 0.6) is 0 Å². The highest BCUT2D eigenvalue weighted by Gasteiger charge is 2.34. The number of amides is 4. The number of primary amides is 1. The van der Waals surface area contributed by atoms with Crippen LogP contribution < -0.4 is 11.5 Å². The monoisotopic (exact) mass is 731 g/mol. The molecule has 0 spiro atoms. The van der Waals surface area contributed by atoms with Crippen LogP contribution in [0.25, 0.3) is 0 Å². The summed E-state index contributed by atoms with van der Waals surface area (Å²) in [5.74, 6) is -1.31. The summed E-state index contributed by atoms with van der Waals surface area (Å²) < 4.78 is 21.4. The van der Waals surface area contributed by atoms with Crippen molar-refractivity contribution in [3.8, 4) is 0 Å². The minimum absolute atomic E-state index is 0.0165. The zero-order valence-corrected chi connectivity index (χ0v) is 30.6. The first-order valence-electron chi connectivity index (χ1n) is 19.3. The number of piperidine rings is 2. The molecule has 3 saturated heterocycles. The smallest absolute Gasteiger partial charge is 0.256 e. The van der Waals surface area contributed by atoms with Gasteiger partial charge in [-0.2, -0.15) is 0 Å². The Morgan fingerprint density at radius 3 is 2.00 bits per heavy atom. The molecule has 3 heterocycles. The molecule has 3 aliphatic heterocycles. The highest BCUT2D eigenvalue weighted by Crippen LogP contribution is 2.28. The average molecular weight is 732 g/mol. The van der Waals surface area contributed by atoms with Crippen molar-refractivity contribution in [2.45, 2.75) is 82.5 Å². The van der Waals surface area contributed by atoms with E-state index < -0.39 is 17.6 Å². The fourth-order valence-corrected chi connectivity index (χ4v) is 8.32. The largest absolute Gasteiger partial charge is 0.375 e. The van der Waals surface area contributed by atoms with E-state index in [9.17, 15) is 23.6 Å². The van der Waals surface area contributed by atoms with Crippen molar-refractivity contribution < 1.29 is 28.3 Å². The maximum Gasteiger partial charge on any atom is 0.256 e. The molecule has 13 heteroatoms. The van der Waals surface area contributed by atoms with E-state index in [-0.39, 0.29) is 53.3 Å². The summed E-state index contributed by atoms with van der Waals surface area (Å²) in [7, 11) is 0. The molecule has 5 N–H and O–H groups in total. The molecule has 0 aromatic heterocycles. The molecule has 53 heavy (non-hydrogen) atoms. The normalized spacial score (nSPS) is 20.3. The maximum atomic E-state index is 14.9. The highest BCUT2D eigenvalue weighted by molar-refractivity contribution is 6.09. The number of ether oxygens (including phenoxy) is 1. The first kappa shape index (κ1) is 38.5. The van der Waals surface area contributed by atoms with E-state index >= 15 is 0 Å². The van der Waals surface area contributed by atoms with E-state index in [0.717, 1.165) is 51.6 Å². The van der Waals surface area contributed by atoms with Gasteiger partial charge in [0.25, 0.3) is 5.91 Å². The first-order chi connectivity index (χ1) is 25.6. The Morgan fingerprint density at radius 1 is 0.755 bits per heavy atom. The number of rotatable bonds is 11. The predicted octanol–water partition coefficient (Wildman–Crippen LogP) is 3.20. The van der Waals surface area contributed by atoms with Crippen LogP contribution in [0.1, 0.15) is 89.6 Å². The number of nitrogens with one attached hydrogen (secondary N) is 1. The topological polar surface area (TPSA) is 166 Å². The van der Waals surface area contributed by atoms with Crippen LogP contribution in [0.15, 0.2) is 42.5 Å². The third-order valence-corrected chi connectivity index (χ3v) is 11.6. The molecular weight excluding hydrogens is 677 g/mol. The molecule has 2 aromatic carbocycles. The second-order valence-electron chi connectivity index (χ2n) is 15.1. The number of hydrogen-bond acceptors (Lipinski definition) is 8. The van der Waals surface area contributed by atoms with Crippen molar-refractivity contribution >= 4 is 29.3 Å². The number of nitrogens with zero attached hydrogens (tertiary/aromatic N) is 4. The van der Waals surface area contributed by atoms with Gasteiger partial charge in [-0.25, -0.2) is 4.39 Å². The van der Waals surface area contributed by atoms with Gasteiger partial charge in [-0.15, -0.1) is 0 Å². The van der Waals surface area contributed by atoms with Crippen LogP contribution in [-0.2, 0) is 20.7 Å². The molecule has 6 rings (SSSR count). The summed E-state index contributed by atoms with van der Waals surface area (Å²) in [6.45, 7) is 4.55. The molecule has 0 radical (unpaired) electrons. The second-order valence-corrected chi connectivity index (χ2v) is 15.1. The van der Waals surface area contributed by atoms with Crippen LogP contribution in [0.4, 0.5) is 4.39 Å². The van der Waals surface area contributed by atoms with E-state index in [1.807, 2.05) is 4.90 Å². The van der Waals surface area contributed by atoms with Gasteiger partial charge in [-0.05, 0) is 68.2 Å². The molecule has 1 atom stereocenters. The van der Waals surface area contributed by atoms with Crippen molar-refractivity contribution in [3.05, 3.63) is 70.5 Å². The van der Waals surface area contributed by atoms with Crippen molar-refractivity contribution in [1.82, 2.24) is 19.6 Å². The Bertz CT molecular complexity index is 1640. The third-order valence-electron chi connectivity index (χ3n) is 11.6. The van der Waals surface area contributed by atoms with E-state index in [1.165, 1.54) is 37.5 Å². The summed E-state index contributed by atoms with van der Waals surface area (Å²) >= 11 is 0. The molecule has 2 aromatic rings. The van der Waals surface area contributed by atoms with Gasteiger partial charge in [-0.3, -0.25) is 24.1 Å². The Labute approximate surface area is 311 Å². The van der Waals surface area contributed by atoms with E-state index in [0.29, 0.717) is 62.9 Å². The average Bonchev–Trinajstić information content (AvgIpc) is 3.19. The highest BCUT2D eigenvalue weighted by atomic mass is 19.1. The van der Waals surface area contributed by atoms with Crippen LogP contribution in [-0.4, -0.2) is 126 Å². The summed E-state index contributed by atoms with van der Waals surface area (Å²) in [6.07, 6.45) is 9.42. The number of carbonyl (C=O) groups is 4. The number of carbonyl (C=O) groups excluding carboxylic acids is 4. The summed E-state index contributed by atoms with van der Waals surface area (Å²) in [4.78, 5) is 58.9. The molecule has 1 saturated carbocycles.